The van der Waals surface area contributed by atoms with Gasteiger partial charge < -0.3 is 5.32 Å². The van der Waals surface area contributed by atoms with Crippen LogP contribution in [-0.2, 0) is 0 Å². The monoisotopic (exact) mass is 345 g/mol. The van der Waals surface area contributed by atoms with Crippen LogP contribution in [0.15, 0.2) is 40.9 Å². The van der Waals surface area contributed by atoms with Gasteiger partial charge in [0, 0.05) is 10.0 Å². The molecule has 0 amide bonds. The van der Waals surface area contributed by atoms with E-state index in [2.05, 4.69) is 21.2 Å². The van der Waals surface area contributed by atoms with Crippen molar-refractivity contribution in [3.8, 4) is 0 Å². The molecule has 0 aliphatic carbocycles. The number of anilines is 1. The first-order chi connectivity index (χ1) is 8.99. The Morgan fingerprint density at radius 2 is 1.89 bits per heavy atom. The molecule has 0 aromatic heterocycles. The molecule has 2 aromatic rings. The van der Waals surface area contributed by atoms with E-state index in [1.165, 1.54) is 18.2 Å². The minimum Gasteiger partial charge on any atom is -0.375 e. The summed E-state index contributed by atoms with van der Waals surface area (Å²) in [7, 11) is 0. The Hall–Kier alpha value is -1.13. The van der Waals surface area contributed by atoms with Gasteiger partial charge >= 0.3 is 0 Å². The standard InChI is InChI=1S/C14H11BrClF2N/c1-8(10-7-9(15)5-6-12(10)17)19-14-11(16)3-2-4-13(14)18/h2-8,19H,1H3. The Morgan fingerprint density at radius 1 is 1.16 bits per heavy atom. The van der Waals surface area contributed by atoms with Gasteiger partial charge in [0.15, 0.2) is 0 Å². The van der Waals surface area contributed by atoms with Crippen LogP contribution in [0.4, 0.5) is 14.5 Å². The van der Waals surface area contributed by atoms with E-state index in [-0.39, 0.29) is 16.5 Å². The summed E-state index contributed by atoms with van der Waals surface area (Å²) in [5.41, 5.74) is 0.615. The van der Waals surface area contributed by atoms with Crippen molar-refractivity contribution >= 4 is 33.2 Å². The van der Waals surface area contributed by atoms with Crippen LogP contribution >= 0.6 is 27.5 Å². The van der Waals surface area contributed by atoms with Gasteiger partial charge in [-0.2, -0.15) is 0 Å². The van der Waals surface area contributed by atoms with Crippen LogP contribution in [0.25, 0.3) is 0 Å². The van der Waals surface area contributed by atoms with E-state index in [1.807, 2.05) is 0 Å². The molecule has 0 fully saturated rings. The Kier molecular flexibility index (Phi) is 4.42. The van der Waals surface area contributed by atoms with Crippen LogP contribution in [0, 0.1) is 11.6 Å². The molecule has 2 rings (SSSR count). The molecule has 0 aliphatic heterocycles. The first-order valence-corrected chi connectivity index (χ1v) is 6.81. The molecular weight excluding hydrogens is 336 g/mol. The molecule has 1 atom stereocenters. The quantitative estimate of drug-likeness (QED) is 0.768. The Balaban J connectivity index is 2.31. The molecule has 0 saturated heterocycles. The van der Waals surface area contributed by atoms with Gasteiger partial charge in [-0.05, 0) is 37.3 Å². The van der Waals surface area contributed by atoms with Crippen LogP contribution in [0.2, 0.25) is 5.02 Å². The topological polar surface area (TPSA) is 12.0 Å². The lowest BCUT2D eigenvalue weighted by Gasteiger charge is -2.18. The SMILES string of the molecule is CC(Nc1c(F)cccc1Cl)c1cc(Br)ccc1F. The van der Waals surface area contributed by atoms with Gasteiger partial charge in [0.2, 0.25) is 0 Å². The molecule has 0 saturated carbocycles. The van der Waals surface area contributed by atoms with Crippen molar-refractivity contribution in [2.45, 2.75) is 13.0 Å². The summed E-state index contributed by atoms with van der Waals surface area (Å²) < 4.78 is 28.2. The maximum Gasteiger partial charge on any atom is 0.147 e. The molecule has 0 radical (unpaired) electrons. The van der Waals surface area contributed by atoms with Crippen molar-refractivity contribution in [2.24, 2.45) is 0 Å². The molecule has 1 unspecified atom stereocenters. The van der Waals surface area contributed by atoms with Gasteiger partial charge in [-0.3, -0.25) is 0 Å². The average molecular weight is 347 g/mol. The van der Waals surface area contributed by atoms with Crippen LogP contribution in [0.5, 0.6) is 0 Å². The Morgan fingerprint density at radius 3 is 2.58 bits per heavy atom. The van der Waals surface area contributed by atoms with E-state index in [9.17, 15) is 8.78 Å². The zero-order valence-electron chi connectivity index (χ0n) is 10.1. The highest BCUT2D eigenvalue weighted by atomic mass is 79.9. The van der Waals surface area contributed by atoms with Crippen LogP contribution in [0.1, 0.15) is 18.5 Å². The molecule has 19 heavy (non-hydrogen) atoms. The summed E-state index contributed by atoms with van der Waals surface area (Å²) in [6, 6.07) is 8.62. The van der Waals surface area contributed by atoms with Crippen molar-refractivity contribution < 1.29 is 8.78 Å². The Bertz CT molecular complexity index is 584. The molecule has 5 heteroatoms. The fourth-order valence-electron chi connectivity index (χ4n) is 1.78. The second-order valence-electron chi connectivity index (χ2n) is 4.13. The third-order valence-corrected chi connectivity index (χ3v) is 3.56. The van der Waals surface area contributed by atoms with E-state index >= 15 is 0 Å². The summed E-state index contributed by atoms with van der Waals surface area (Å²) in [6.45, 7) is 1.74. The summed E-state index contributed by atoms with van der Waals surface area (Å²) in [5.74, 6) is -0.814. The smallest absolute Gasteiger partial charge is 0.147 e. The number of benzene rings is 2. The molecule has 100 valence electrons. The van der Waals surface area contributed by atoms with Crippen molar-refractivity contribution in [1.29, 1.82) is 0 Å². The van der Waals surface area contributed by atoms with Crippen molar-refractivity contribution in [2.75, 3.05) is 5.32 Å². The number of halogens is 4. The second-order valence-corrected chi connectivity index (χ2v) is 5.45. The van der Waals surface area contributed by atoms with Gasteiger partial charge in [0.05, 0.1) is 16.8 Å². The minimum absolute atomic E-state index is 0.177. The molecule has 2 aromatic carbocycles. The van der Waals surface area contributed by atoms with Gasteiger partial charge in [-0.1, -0.05) is 33.6 Å². The third kappa shape index (κ3) is 3.25. The summed E-state index contributed by atoms with van der Waals surface area (Å²) in [5, 5.41) is 3.16. The first kappa shape index (κ1) is 14.3. The number of para-hydroxylation sites is 1. The van der Waals surface area contributed by atoms with Crippen molar-refractivity contribution in [3.63, 3.8) is 0 Å². The van der Waals surface area contributed by atoms with Crippen molar-refractivity contribution in [3.05, 3.63) is 63.1 Å². The lowest BCUT2D eigenvalue weighted by Crippen LogP contribution is -2.10. The number of rotatable bonds is 3. The summed E-state index contributed by atoms with van der Waals surface area (Å²) in [6.07, 6.45) is 0. The second kappa shape index (κ2) is 5.88. The molecule has 0 heterocycles. The highest BCUT2D eigenvalue weighted by Gasteiger charge is 2.15. The normalized spacial score (nSPS) is 12.3. The van der Waals surface area contributed by atoms with E-state index in [0.29, 0.717) is 5.56 Å². The van der Waals surface area contributed by atoms with E-state index in [0.717, 1.165) is 4.47 Å². The van der Waals surface area contributed by atoms with Crippen LogP contribution < -0.4 is 5.32 Å². The molecule has 0 aliphatic rings. The number of hydrogen-bond donors (Lipinski definition) is 1. The van der Waals surface area contributed by atoms with Crippen LogP contribution in [-0.4, -0.2) is 0 Å². The highest BCUT2D eigenvalue weighted by molar-refractivity contribution is 9.10. The minimum atomic E-state index is -0.463. The molecule has 0 spiro atoms. The molecule has 1 nitrogen and oxygen atoms in total. The van der Waals surface area contributed by atoms with E-state index in [1.54, 1.807) is 25.1 Å². The predicted octanol–water partition coefficient (Wildman–Crippen LogP) is 5.55. The molecule has 1 N–H and O–H groups in total. The lowest BCUT2D eigenvalue weighted by atomic mass is 10.1. The van der Waals surface area contributed by atoms with Gasteiger partial charge in [-0.25, -0.2) is 8.78 Å². The zero-order valence-corrected chi connectivity index (χ0v) is 12.4. The number of nitrogens with one attached hydrogen (secondary N) is 1. The van der Waals surface area contributed by atoms with Gasteiger partial charge in [0.1, 0.15) is 11.6 Å². The summed E-state index contributed by atoms with van der Waals surface area (Å²) in [4.78, 5) is 0. The van der Waals surface area contributed by atoms with Crippen molar-refractivity contribution in [1.82, 2.24) is 0 Å². The molecular formula is C14H11BrClF2N. The predicted molar refractivity (Wildman–Crippen MR) is 77.5 cm³/mol. The van der Waals surface area contributed by atoms with Gasteiger partial charge in [-0.15, -0.1) is 0 Å². The fraction of sp³-hybridized carbons (Fsp3) is 0.143. The zero-order chi connectivity index (χ0) is 14.0. The highest BCUT2D eigenvalue weighted by Crippen LogP contribution is 2.30. The maximum atomic E-state index is 13.7. The number of hydrogen-bond acceptors (Lipinski definition) is 1. The average Bonchev–Trinajstić information content (AvgIpc) is 2.37. The summed E-state index contributed by atoms with van der Waals surface area (Å²) >= 11 is 9.21. The third-order valence-electron chi connectivity index (χ3n) is 2.75. The van der Waals surface area contributed by atoms with Gasteiger partial charge in [0.25, 0.3) is 0 Å². The maximum absolute atomic E-state index is 13.7. The van der Waals surface area contributed by atoms with E-state index < -0.39 is 11.9 Å². The Labute approximate surface area is 123 Å². The lowest BCUT2D eigenvalue weighted by molar-refractivity contribution is 0.596. The van der Waals surface area contributed by atoms with E-state index in [4.69, 9.17) is 11.6 Å². The first-order valence-electron chi connectivity index (χ1n) is 5.64. The van der Waals surface area contributed by atoms with Crippen LogP contribution in [0.3, 0.4) is 0 Å². The largest absolute Gasteiger partial charge is 0.375 e. The molecule has 0 bridgehead atoms. The fourth-order valence-corrected chi connectivity index (χ4v) is 2.37.